The minimum absolute atomic E-state index is 0.158. The largest absolute Gasteiger partial charge is 0.495 e. The van der Waals surface area contributed by atoms with Crippen molar-refractivity contribution in [3.8, 4) is 5.75 Å². The van der Waals surface area contributed by atoms with Crippen molar-refractivity contribution < 1.29 is 9.53 Å². The van der Waals surface area contributed by atoms with Crippen molar-refractivity contribution >= 4 is 22.9 Å². The summed E-state index contributed by atoms with van der Waals surface area (Å²) >= 11 is 1.46. The first kappa shape index (κ1) is 14.5. The Hall–Kier alpha value is -1.92. The van der Waals surface area contributed by atoms with Gasteiger partial charge in [-0.2, -0.15) is 0 Å². The predicted octanol–water partition coefficient (Wildman–Crippen LogP) is 1.93. The maximum Gasteiger partial charge on any atom is 0.277 e. The van der Waals surface area contributed by atoms with E-state index in [0.717, 1.165) is 5.01 Å². The molecule has 0 atom stereocenters. The van der Waals surface area contributed by atoms with E-state index in [4.69, 9.17) is 10.5 Å². The zero-order valence-corrected chi connectivity index (χ0v) is 12.3. The molecule has 2 aromatic rings. The molecule has 20 heavy (non-hydrogen) atoms. The number of anilines is 1. The smallest absolute Gasteiger partial charge is 0.277 e. The number of rotatable bonds is 5. The minimum atomic E-state index is -0.158. The summed E-state index contributed by atoms with van der Waals surface area (Å²) < 4.78 is 5.27. The van der Waals surface area contributed by atoms with E-state index in [0.29, 0.717) is 30.1 Å². The normalized spacial score (nSPS) is 10.3. The molecule has 0 saturated heterocycles. The van der Waals surface area contributed by atoms with E-state index in [-0.39, 0.29) is 5.91 Å². The number of methoxy groups -OCH3 is 1. The second-order valence-electron chi connectivity index (χ2n) is 4.20. The Morgan fingerprint density at radius 3 is 2.90 bits per heavy atom. The summed E-state index contributed by atoms with van der Waals surface area (Å²) in [6.45, 7) is 0.531. The lowest BCUT2D eigenvalue weighted by molar-refractivity contribution is 0.0988. The van der Waals surface area contributed by atoms with Crippen LogP contribution < -0.4 is 15.4 Å². The van der Waals surface area contributed by atoms with Crippen molar-refractivity contribution in [1.29, 1.82) is 0 Å². The highest BCUT2D eigenvalue weighted by molar-refractivity contribution is 7.09. The summed E-state index contributed by atoms with van der Waals surface area (Å²) in [4.78, 5) is 18.3. The fourth-order valence-corrected chi connectivity index (χ4v) is 2.62. The average Bonchev–Trinajstić information content (AvgIpc) is 2.94. The minimum Gasteiger partial charge on any atom is -0.495 e. The molecule has 0 bridgehead atoms. The Morgan fingerprint density at radius 2 is 2.20 bits per heavy atom. The molecule has 0 aliphatic heterocycles. The number of nitrogens with zero attached hydrogens (tertiary/aromatic N) is 2. The van der Waals surface area contributed by atoms with Gasteiger partial charge >= 0.3 is 0 Å². The van der Waals surface area contributed by atoms with E-state index in [1.165, 1.54) is 11.3 Å². The van der Waals surface area contributed by atoms with Gasteiger partial charge in [0.2, 0.25) is 0 Å². The van der Waals surface area contributed by atoms with Crippen LogP contribution in [0.3, 0.4) is 0 Å². The zero-order valence-electron chi connectivity index (χ0n) is 11.5. The van der Waals surface area contributed by atoms with Crippen LogP contribution in [0.25, 0.3) is 0 Å². The van der Waals surface area contributed by atoms with Crippen molar-refractivity contribution in [3.05, 3.63) is 40.3 Å². The van der Waals surface area contributed by atoms with Gasteiger partial charge in [-0.3, -0.25) is 4.79 Å². The summed E-state index contributed by atoms with van der Waals surface area (Å²) in [6.07, 6.45) is 0.691. The van der Waals surface area contributed by atoms with E-state index >= 15 is 0 Å². The Bertz CT molecular complexity index is 598. The standard InChI is InChI=1S/C14H17N3O2S/c1-17(11-5-3-4-6-12(11)19-2)14(18)10-9-20-13(16-10)7-8-15/h3-6,9H,7-8,15H2,1-2H3. The number of para-hydroxylation sites is 2. The topological polar surface area (TPSA) is 68.5 Å². The van der Waals surface area contributed by atoms with Crippen LogP contribution in [0.15, 0.2) is 29.6 Å². The predicted molar refractivity (Wildman–Crippen MR) is 80.6 cm³/mol. The van der Waals surface area contributed by atoms with Crippen molar-refractivity contribution in [1.82, 2.24) is 4.98 Å². The number of aromatic nitrogens is 1. The molecule has 0 saturated carbocycles. The Labute approximate surface area is 122 Å². The molecule has 1 aromatic heterocycles. The molecule has 2 rings (SSSR count). The molecule has 1 aromatic carbocycles. The van der Waals surface area contributed by atoms with Crippen molar-refractivity contribution in [2.24, 2.45) is 5.73 Å². The molecule has 106 valence electrons. The van der Waals surface area contributed by atoms with Gasteiger partial charge < -0.3 is 15.4 Å². The average molecular weight is 291 g/mol. The highest BCUT2D eigenvalue weighted by Gasteiger charge is 2.19. The summed E-state index contributed by atoms with van der Waals surface area (Å²) in [7, 11) is 3.29. The van der Waals surface area contributed by atoms with E-state index in [1.807, 2.05) is 24.3 Å². The fourth-order valence-electron chi connectivity index (χ4n) is 1.84. The first-order valence-corrected chi connectivity index (χ1v) is 7.11. The van der Waals surface area contributed by atoms with Gasteiger partial charge in [-0.25, -0.2) is 4.98 Å². The van der Waals surface area contributed by atoms with Crippen molar-refractivity contribution in [2.45, 2.75) is 6.42 Å². The molecule has 0 spiro atoms. The lowest BCUT2D eigenvalue weighted by Gasteiger charge is -2.18. The van der Waals surface area contributed by atoms with Crippen LogP contribution in [0.1, 0.15) is 15.5 Å². The maximum atomic E-state index is 12.4. The summed E-state index contributed by atoms with van der Waals surface area (Å²) in [6, 6.07) is 7.38. The van der Waals surface area contributed by atoms with Crippen LogP contribution in [0, 0.1) is 0 Å². The Balaban J connectivity index is 2.23. The molecule has 6 heteroatoms. The summed E-state index contributed by atoms with van der Waals surface area (Å²) in [5.74, 6) is 0.495. The van der Waals surface area contributed by atoms with Gasteiger partial charge in [-0.15, -0.1) is 11.3 Å². The molecule has 0 fully saturated rings. The Morgan fingerprint density at radius 1 is 1.45 bits per heavy atom. The van der Waals surface area contributed by atoms with Crippen LogP contribution in [-0.2, 0) is 6.42 Å². The van der Waals surface area contributed by atoms with Gasteiger partial charge in [0.15, 0.2) is 0 Å². The molecule has 2 N–H and O–H groups in total. The molecule has 0 unspecified atom stereocenters. The molecule has 0 aliphatic rings. The van der Waals surface area contributed by atoms with Crippen LogP contribution in [-0.4, -0.2) is 31.6 Å². The van der Waals surface area contributed by atoms with Crippen molar-refractivity contribution in [3.63, 3.8) is 0 Å². The molecule has 0 aliphatic carbocycles. The lowest BCUT2D eigenvalue weighted by atomic mass is 10.2. The Kier molecular flexibility index (Phi) is 4.70. The van der Waals surface area contributed by atoms with Crippen molar-refractivity contribution in [2.75, 3.05) is 25.6 Å². The highest BCUT2D eigenvalue weighted by atomic mass is 32.1. The SMILES string of the molecule is COc1ccccc1N(C)C(=O)c1csc(CCN)n1. The van der Waals surface area contributed by atoms with Gasteiger partial charge in [0.1, 0.15) is 11.4 Å². The van der Waals surface area contributed by atoms with E-state index in [9.17, 15) is 4.79 Å². The third kappa shape index (κ3) is 2.97. The summed E-state index contributed by atoms with van der Waals surface area (Å²) in [5.41, 5.74) is 6.64. The van der Waals surface area contributed by atoms with Gasteiger partial charge in [0, 0.05) is 18.8 Å². The van der Waals surface area contributed by atoms with E-state index in [2.05, 4.69) is 4.98 Å². The number of thiazole rings is 1. The number of nitrogens with two attached hydrogens (primary N) is 1. The maximum absolute atomic E-state index is 12.4. The number of benzene rings is 1. The number of carbonyl (C=O) groups is 1. The molecule has 1 amide bonds. The number of carbonyl (C=O) groups excluding carboxylic acids is 1. The number of hydrogen-bond acceptors (Lipinski definition) is 5. The van der Waals surface area contributed by atoms with Gasteiger partial charge in [0.05, 0.1) is 17.8 Å². The fraction of sp³-hybridized carbons (Fsp3) is 0.286. The zero-order chi connectivity index (χ0) is 14.5. The number of ether oxygens (including phenoxy) is 1. The van der Waals surface area contributed by atoms with Crippen LogP contribution >= 0.6 is 11.3 Å². The monoisotopic (exact) mass is 291 g/mol. The first-order valence-electron chi connectivity index (χ1n) is 6.23. The van der Waals surface area contributed by atoms with Gasteiger partial charge in [-0.1, -0.05) is 12.1 Å². The molecule has 5 nitrogen and oxygen atoms in total. The third-order valence-electron chi connectivity index (χ3n) is 2.88. The molecule has 0 radical (unpaired) electrons. The van der Waals surface area contributed by atoms with E-state index in [1.54, 1.807) is 24.4 Å². The first-order chi connectivity index (χ1) is 9.67. The van der Waals surface area contributed by atoms with Crippen LogP contribution in [0.5, 0.6) is 5.75 Å². The van der Waals surface area contributed by atoms with E-state index < -0.39 is 0 Å². The lowest BCUT2D eigenvalue weighted by Crippen LogP contribution is -2.27. The number of amides is 1. The summed E-state index contributed by atoms with van der Waals surface area (Å²) in [5, 5.41) is 2.64. The van der Waals surface area contributed by atoms with Gasteiger partial charge in [0.25, 0.3) is 5.91 Å². The quantitative estimate of drug-likeness (QED) is 0.914. The number of hydrogen-bond donors (Lipinski definition) is 1. The molecular formula is C14H17N3O2S. The second kappa shape index (κ2) is 6.49. The third-order valence-corrected chi connectivity index (χ3v) is 3.79. The molecule has 1 heterocycles. The van der Waals surface area contributed by atoms with Crippen LogP contribution in [0.4, 0.5) is 5.69 Å². The van der Waals surface area contributed by atoms with Gasteiger partial charge in [-0.05, 0) is 18.7 Å². The van der Waals surface area contributed by atoms with Crippen LogP contribution in [0.2, 0.25) is 0 Å². The second-order valence-corrected chi connectivity index (χ2v) is 5.14. The molecular weight excluding hydrogens is 274 g/mol. The highest BCUT2D eigenvalue weighted by Crippen LogP contribution is 2.27.